The van der Waals surface area contributed by atoms with Gasteiger partial charge in [0.15, 0.2) is 0 Å². The molecule has 1 heterocycles. The minimum atomic E-state index is -1.26. The first-order valence-corrected chi connectivity index (χ1v) is 8.18. The lowest BCUT2D eigenvalue weighted by Crippen LogP contribution is -2.08. The Hall–Kier alpha value is -3.55. The Labute approximate surface area is 155 Å². The summed E-state index contributed by atoms with van der Waals surface area (Å²) in [7, 11) is 0. The van der Waals surface area contributed by atoms with E-state index in [2.05, 4.69) is 5.32 Å². The van der Waals surface area contributed by atoms with E-state index in [9.17, 15) is 19.5 Å². The van der Waals surface area contributed by atoms with Crippen LogP contribution in [-0.4, -0.2) is 34.7 Å². The summed E-state index contributed by atoms with van der Waals surface area (Å²) >= 11 is 0. The van der Waals surface area contributed by atoms with Gasteiger partial charge in [0.25, 0.3) is 0 Å². The lowest BCUT2D eigenvalue weighted by atomic mass is 10.2. The van der Waals surface area contributed by atoms with E-state index in [1.165, 1.54) is 24.3 Å². The molecule has 1 aromatic carbocycles. The molecule has 2 rings (SSSR count). The fourth-order valence-corrected chi connectivity index (χ4v) is 2.21. The van der Waals surface area contributed by atoms with Crippen LogP contribution in [0.4, 0.5) is 5.69 Å². The number of hydrogen-bond acceptors (Lipinski definition) is 6. The molecular weight excluding hydrogens is 354 g/mol. The molecule has 2 aromatic rings. The minimum Gasteiger partial charge on any atom is -0.507 e. The molecule has 0 spiro atoms. The fourth-order valence-electron chi connectivity index (χ4n) is 2.21. The van der Waals surface area contributed by atoms with Crippen LogP contribution in [0.25, 0.3) is 6.08 Å². The smallest absolute Gasteiger partial charge is 0.339 e. The monoisotopic (exact) mass is 373 g/mol. The summed E-state index contributed by atoms with van der Waals surface area (Å²) in [6.45, 7) is 2.07. The number of carboxylic acid groups (broad SMARTS) is 1. The van der Waals surface area contributed by atoms with Crippen molar-refractivity contribution in [2.45, 2.75) is 19.8 Å². The Bertz CT molecular complexity index is 867. The molecule has 0 saturated heterocycles. The number of amides is 1. The van der Waals surface area contributed by atoms with Gasteiger partial charge >= 0.3 is 11.9 Å². The molecule has 142 valence electrons. The number of aromatic hydroxyl groups is 1. The van der Waals surface area contributed by atoms with Crippen molar-refractivity contribution < 1.29 is 33.8 Å². The van der Waals surface area contributed by atoms with Crippen molar-refractivity contribution in [3.8, 4) is 5.75 Å². The van der Waals surface area contributed by atoms with Crippen molar-refractivity contribution in [2.75, 3.05) is 11.9 Å². The highest BCUT2D eigenvalue weighted by Gasteiger charge is 2.10. The van der Waals surface area contributed by atoms with E-state index >= 15 is 0 Å². The molecule has 0 radical (unpaired) electrons. The molecule has 0 unspecified atom stereocenters. The molecule has 1 amide bonds. The lowest BCUT2D eigenvalue weighted by Gasteiger charge is -2.04. The van der Waals surface area contributed by atoms with Gasteiger partial charge in [0.1, 0.15) is 22.8 Å². The minimum absolute atomic E-state index is 0.209. The molecule has 0 aliphatic carbocycles. The van der Waals surface area contributed by atoms with Crippen LogP contribution in [0.1, 0.15) is 35.2 Å². The van der Waals surface area contributed by atoms with E-state index in [1.54, 1.807) is 19.1 Å². The second-order valence-electron chi connectivity index (χ2n) is 5.47. The summed E-state index contributed by atoms with van der Waals surface area (Å²) in [5, 5.41) is 21.0. The van der Waals surface area contributed by atoms with Crippen LogP contribution < -0.4 is 5.32 Å². The molecular formula is C19H19NO7. The van der Waals surface area contributed by atoms with Crippen LogP contribution in [0.3, 0.4) is 0 Å². The van der Waals surface area contributed by atoms with Crippen molar-refractivity contribution in [1.29, 1.82) is 0 Å². The quantitative estimate of drug-likeness (QED) is 0.480. The highest BCUT2D eigenvalue weighted by molar-refractivity contribution is 6.02. The van der Waals surface area contributed by atoms with E-state index in [0.29, 0.717) is 24.5 Å². The van der Waals surface area contributed by atoms with Gasteiger partial charge in [0, 0.05) is 24.3 Å². The molecule has 8 heteroatoms. The molecule has 0 aliphatic heterocycles. The van der Waals surface area contributed by atoms with Gasteiger partial charge in [0.05, 0.1) is 13.0 Å². The Morgan fingerprint density at radius 1 is 1.22 bits per heavy atom. The van der Waals surface area contributed by atoms with E-state index in [-0.39, 0.29) is 23.6 Å². The second kappa shape index (κ2) is 9.23. The van der Waals surface area contributed by atoms with Gasteiger partial charge in [0.2, 0.25) is 5.91 Å². The van der Waals surface area contributed by atoms with Gasteiger partial charge in [-0.25, -0.2) is 4.79 Å². The zero-order chi connectivity index (χ0) is 19.8. The fraction of sp³-hybridized carbons (Fsp3) is 0.211. The summed E-state index contributed by atoms with van der Waals surface area (Å²) in [5.41, 5.74) is -0.00352. The van der Waals surface area contributed by atoms with Gasteiger partial charge < -0.3 is 24.7 Å². The molecule has 0 bridgehead atoms. The number of hydrogen-bond donors (Lipinski definition) is 3. The average Bonchev–Trinajstić information content (AvgIpc) is 3.06. The maximum absolute atomic E-state index is 11.9. The van der Waals surface area contributed by atoms with Gasteiger partial charge in [-0.3, -0.25) is 9.59 Å². The van der Waals surface area contributed by atoms with Crippen LogP contribution in [0.15, 0.2) is 40.8 Å². The zero-order valence-electron chi connectivity index (χ0n) is 14.6. The Kier molecular flexibility index (Phi) is 6.76. The average molecular weight is 373 g/mol. The number of carbonyl (C=O) groups is 3. The normalized spacial score (nSPS) is 10.7. The zero-order valence-corrected chi connectivity index (χ0v) is 14.6. The van der Waals surface area contributed by atoms with Gasteiger partial charge in [-0.05, 0) is 37.3 Å². The summed E-state index contributed by atoms with van der Waals surface area (Å²) in [5.74, 6) is -1.46. The number of ether oxygens (including phenoxy) is 1. The largest absolute Gasteiger partial charge is 0.507 e. The number of aryl methyl sites for hydroxylation is 1. The Morgan fingerprint density at radius 3 is 2.67 bits per heavy atom. The highest BCUT2D eigenvalue weighted by atomic mass is 16.5. The SMILES string of the molecule is CCOC(=O)CCc1ccc(C=CC(=O)Nc2ccc(C(=O)O)c(O)c2)o1. The van der Waals surface area contributed by atoms with E-state index in [4.69, 9.17) is 14.3 Å². The van der Waals surface area contributed by atoms with Crippen LogP contribution in [-0.2, 0) is 20.7 Å². The third kappa shape index (κ3) is 6.03. The summed E-state index contributed by atoms with van der Waals surface area (Å²) in [6, 6.07) is 7.08. The van der Waals surface area contributed by atoms with Crippen LogP contribution >= 0.6 is 0 Å². The maximum atomic E-state index is 11.9. The Balaban J connectivity index is 1.90. The van der Waals surface area contributed by atoms with Crippen molar-refractivity contribution in [1.82, 2.24) is 0 Å². The van der Waals surface area contributed by atoms with Crippen LogP contribution in [0.2, 0.25) is 0 Å². The number of nitrogens with one attached hydrogen (secondary N) is 1. The second-order valence-corrected chi connectivity index (χ2v) is 5.47. The third-order valence-corrected chi connectivity index (χ3v) is 3.46. The van der Waals surface area contributed by atoms with Crippen molar-refractivity contribution >= 4 is 29.6 Å². The summed E-state index contributed by atoms with van der Waals surface area (Å²) < 4.78 is 10.3. The first-order chi connectivity index (χ1) is 12.9. The van der Waals surface area contributed by atoms with E-state index < -0.39 is 17.6 Å². The summed E-state index contributed by atoms with van der Waals surface area (Å²) in [4.78, 5) is 34.1. The van der Waals surface area contributed by atoms with Crippen molar-refractivity contribution in [3.05, 3.63) is 53.5 Å². The van der Waals surface area contributed by atoms with E-state index in [0.717, 1.165) is 6.07 Å². The number of phenols is 1. The molecule has 0 saturated carbocycles. The number of furan rings is 1. The molecule has 3 N–H and O–H groups in total. The molecule has 0 fully saturated rings. The summed E-state index contributed by atoms with van der Waals surface area (Å²) in [6.07, 6.45) is 3.29. The number of benzene rings is 1. The van der Waals surface area contributed by atoms with Crippen molar-refractivity contribution in [2.24, 2.45) is 0 Å². The van der Waals surface area contributed by atoms with Crippen molar-refractivity contribution in [3.63, 3.8) is 0 Å². The lowest BCUT2D eigenvalue weighted by molar-refractivity contribution is -0.143. The first-order valence-electron chi connectivity index (χ1n) is 8.18. The number of esters is 1. The number of aromatic carboxylic acids is 1. The predicted molar refractivity (Wildman–Crippen MR) is 96.4 cm³/mol. The van der Waals surface area contributed by atoms with Crippen LogP contribution in [0, 0.1) is 0 Å². The molecule has 1 aromatic heterocycles. The standard InChI is InChI=1S/C19H19NO7/c1-2-26-18(23)10-7-14-5-4-13(27-14)6-9-17(22)20-12-3-8-15(19(24)25)16(21)11-12/h3-6,8-9,11,21H,2,7,10H2,1H3,(H,20,22)(H,24,25). The number of rotatable bonds is 8. The maximum Gasteiger partial charge on any atom is 0.339 e. The molecule has 0 aliphatic rings. The van der Waals surface area contributed by atoms with Gasteiger partial charge in [-0.15, -0.1) is 0 Å². The van der Waals surface area contributed by atoms with Gasteiger partial charge in [-0.2, -0.15) is 0 Å². The van der Waals surface area contributed by atoms with E-state index in [1.807, 2.05) is 0 Å². The number of carbonyl (C=O) groups excluding carboxylic acids is 2. The van der Waals surface area contributed by atoms with Gasteiger partial charge in [-0.1, -0.05) is 0 Å². The van der Waals surface area contributed by atoms with Crippen LogP contribution in [0.5, 0.6) is 5.75 Å². The highest BCUT2D eigenvalue weighted by Crippen LogP contribution is 2.22. The molecule has 27 heavy (non-hydrogen) atoms. The predicted octanol–water partition coefficient (Wildman–Crippen LogP) is 2.83. The number of carboxylic acids is 1. The molecule has 0 atom stereocenters. The Morgan fingerprint density at radius 2 is 2.00 bits per heavy atom. The first kappa shape index (κ1) is 19.8. The third-order valence-electron chi connectivity index (χ3n) is 3.46. The number of anilines is 1. The molecule has 8 nitrogen and oxygen atoms in total. The topological polar surface area (TPSA) is 126 Å².